The quantitative estimate of drug-likeness (QED) is 0.475. The Balaban J connectivity index is 3.36. The predicted octanol–water partition coefficient (Wildman–Crippen LogP) is 2.30. The van der Waals surface area contributed by atoms with Crippen LogP contribution in [0.1, 0.15) is 45.4 Å². The Kier molecular flexibility index (Phi) is 7.42. The normalized spacial score (nSPS) is 11.3. The van der Waals surface area contributed by atoms with Gasteiger partial charge in [-0.15, -0.1) is 0 Å². The zero-order valence-electron chi connectivity index (χ0n) is 9.33. The van der Waals surface area contributed by atoms with Crippen LogP contribution in [0.15, 0.2) is 11.6 Å². The highest BCUT2D eigenvalue weighted by Gasteiger charge is 2.08. The van der Waals surface area contributed by atoms with Crippen LogP contribution in [0.25, 0.3) is 0 Å². The molecule has 0 amide bonds. The first kappa shape index (κ1) is 14.5. The van der Waals surface area contributed by atoms with Crippen LogP contribution < -0.4 is 5.32 Å². The molecule has 0 aliphatic carbocycles. The molecule has 0 aliphatic heterocycles. The van der Waals surface area contributed by atoms with Crippen molar-refractivity contribution in [2.45, 2.75) is 45.4 Å². The largest absolute Gasteiger partial charge is 0.374 e. The molecule has 2 N–H and O–H groups in total. The Morgan fingerprint density at radius 2 is 1.73 bits per heavy atom. The van der Waals surface area contributed by atoms with Crippen molar-refractivity contribution in [1.82, 2.24) is 5.32 Å². The van der Waals surface area contributed by atoms with Crippen molar-refractivity contribution in [2.75, 3.05) is 6.54 Å². The third-order valence-corrected chi connectivity index (χ3v) is 2.93. The van der Waals surface area contributed by atoms with E-state index in [1.54, 1.807) is 0 Å². The molecule has 0 rings (SSSR count). The highest BCUT2D eigenvalue weighted by molar-refractivity contribution is 7.89. The van der Waals surface area contributed by atoms with E-state index in [1.807, 2.05) is 0 Å². The lowest BCUT2D eigenvalue weighted by Crippen LogP contribution is -2.20. The van der Waals surface area contributed by atoms with E-state index in [9.17, 15) is 8.42 Å². The van der Waals surface area contributed by atoms with Crippen molar-refractivity contribution in [3.05, 3.63) is 11.6 Å². The van der Waals surface area contributed by atoms with Gasteiger partial charge in [-0.3, -0.25) is 4.55 Å². The maximum absolute atomic E-state index is 10.5. The van der Waals surface area contributed by atoms with Crippen molar-refractivity contribution < 1.29 is 13.0 Å². The molecule has 0 heterocycles. The summed E-state index contributed by atoms with van der Waals surface area (Å²) in [6.07, 6.45) is 6.86. The molecule has 0 spiro atoms. The first-order chi connectivity index (χ1) is 6.98. The molecule has 0 unspecified atom stereocenters. The number of nitrogens with one attached hydrogen (secondary N) is 1. The molecule has 0 radical (unpaired) electrons. The molecular weight excluding hydrogens is 214 g/mol. The lowest BCUT2D eigenvalue weighted by atomic mass is 10.1. The van der Waals surface area contributed by atoms with Crippen LogP contribution in [0.2, 0.25) is 0 Å². The van der Waals surface area contributed by atoms with E-state index >= 15 is 0 Å². The number of unbranched alkanes of at least 4 members (excludes halogenated alkanes) is 5. The molecule has 4 nitrogen and oxygen atoms in total. The van der Waals surface area contributed by atoms with Gasteiger partial charge >= 0.3 is 10.1 Å². The SMILES string of the molecule is C=C(NCCCCCCCC)S(=O)(=O)O. The molecule has 0 aromatic heterocycles. The van der Waals surface area contributed by atoms with Crippen LogP contribution in [0, 0.1) is 0 Å². The monoisotopic (exact) mass is 235 g/mol. The lowest BCUT2D eigenvalue weighted by Gasteiger charge is -2.06. The number of hydrogen-bond acceptors (Lipinski definition) is 3. The van der Waals surface area contributed by atoms with Crippen LogP contribution in [-0.4, -0.2) is 19.5 Å². The average Bonchev–Trinajstić information content (AvgIpc) is 2.14. The summed E-state index contributed by atoms with van der Waals surface area (Å²) in [7, 11) is -4.11. The zero-order valence-corrected chi connectivity index (χ0v) is 10.1. The Hall–Kier alpha value is -0.550. The van der Waals surface area contributed by atoms with Gasteiger partial charge in [0.25, 0.3) is 0 Å². The van der Waals surface area contributed by atoms with E-state index in [-0.39, 0.29) is 5.03 Å². The van der Waals surface area contributed by atoms with Crippen LogP contribution in [0.4, 0.5) is 0 Å². The van der Waals surface area contributed by atoms with Gasteiger partial charge in [-0.1, -0.05) is 45.6 Å². The van der Waals surface area contributed by atoms with Gasteiger partial charge in [0, 0.05) is 6.54 Å². The van der Waals surface area contributed by atoms with Gasteiger partial charge in [0.1, 0.15) is 5.03 Å². The van der Waals surface area contributed by atoms with Gasteiger partial charge in [0.15, 0.2) is 0 Å². The lowest BCUT2D eigenvalue weighted by molar-refractivity contribution is 0.485. The first-order valence-electron chi connectivity index (χ1n) is 5.38. The van der Waals surface area contributed by atoms with Crippen molar-refractivity contribution >= 4 is 10.1 Å². The minimum Gasteiger partial charge on any atom is -0.374 e. The second-order valence-corrected chi connectivity index (χ2v) is 5.04. The summed E-state index contributed by atoms with van der Waals surface area (Å²) in [6.45, 7) is 5.93. The van der Waals surface area contributed by atoms with Gasteiger partial charge < -0.3 is 5.32 Å². The summed E-state index contributed by atoms with van der Waals surface area (Å²) in [4.78, 5) is 0. The minimum atomic E-state index is -4.11. The molecule has 0 saturated carbocycles. The van der Waals surface area contributed by atoms with Crippen LogP contribution in [-0.2, 0) is 10.1 Å². The van der Waals surface area contributed by atoms with Gasteiger partial charge in [0.2, 0.25) is 0 Å². The Morgan fingerprint density at radius 1 is 1.20 bits per heavy atom. The Labute approximate surface area is 92.5 Å². The molecular formula is C10H21NO3S. The second-order valence-electron chi connectivity index (χ2n) is 3.59. The van der Waals surface area contributed by atoms with Crippen molar-refractivity contribution in [1.29, 1.82) is 0 Å². The van der Waals surface area contributed by atoms with E-state index in [1.165, 1.54) is 25.7 Å². The van der Waals surface area contributed by atoms with E-state index in [2.05, 4.69) is 18.8 Å². The summed E-state index contributed by atoms with van der Waals surface area (Å²) < 4.78 is 29.6. The molecule has 0 saturated heterocycles. The summed E-state index contributed by atoms with van der Waals surface area (Å²) in [5.74, 6) is 0. The Morgan fingerprint density at radius 3 is 2.27 bits per heavy atom. The number of hydrogen-bond donors (Lipinski definition) is 2. The van der Waals surface area contributed by atoms with Gasteiger partial charge in [0.05, 0.1) is 0 Å². The summed E-state index contributed by atoms with van der Waals surface area (Å²) in [6, 6.07) is 0. The standard InChI is InChI=1S/C10H21NO3S/c1-3-4-5-6-7-8-9-11-10(2)15(12,13)14/h11H,2-9H2,1H3,(H,12,13,14). The third-order valence-electron chi connectivity index (χ3n) is 2.16. The van der Waals surface area contributed by atoms with E-state index < -0.39 is 10.1 Å². The van der Waals surface area contributed by atoms with Gasteiger partial charge in [-0.25, -0.2) is 0 Å². The summed E-state index contributed by atoms with van der Waals surface area (Å²) in [5, 5.41) is 2.27. The molecule has 0 fully saturated rings. The fraction of sp³-hybridized carbons (Fsp3) is 0.800. The fourth-order valence-electron chi connectivity index (χ4n) is 1.22. The molecule has 0 aliphatic rings. The fourth-order valence-corrected chi connectivity index (χ4v) is 1.51. The second kappa shape index (κ2) is 7.70. The predicted molar refractivity (Wildman–Crippen MR) is 62.1 cm³/mol. The van der Waals surface area contributed by atoms with E-state index in [4.69, 9.17) is 4.55 Å². The van der Waals surface area contributed by atoms with Crippen LogP contribution >= 0.6 is 0 Å². The molecule has 0 aromatic carbocycles. The first-order valence-corrected chi connectivity index (χ1v) is 6.82. The van der Waals surface area contributed by atoms with Gasteiger partial charge in [-0.05, 0) is 6.42 Å². The van der Waals surface area contributed by atoms with Crippen molar-refractivity contribution in [3.8, 4) is 0 Å². The maximum Gasteiger partial charge on any atom is 0.309 e. The zero-order chi connectivity index (χ0) is 11.7. The molecule has 0 atom stereocenters. The Bertz CT molecular complexity index is 272. The third kappa shape index (κ3) is 8.44. The highest BCUT2D eigenvalue weighted by Crippen LogP contribution is 2.04. The maximum atomic E-state index is 10.5. The molecule has 5 heteroatoms. The topological polar surface area (TPSA) is 66.4 Å². The minimum absolute atomic E-state index is 0.309. The molecule has 0 bridgehead atoms. The average molecular weight is 235 g/mol. The summed E-state index contributed by atoms with van der Waals surface area (Å²) >= 11 is 0. The van der Waals surface area contributed by atoms with Crippen LogP contribution in [0.3, 0.4) is 0 Å². The smallest absolute Gasteiger partial charge is 0.309 e. The van der Waals surface area contributed by atoms with E-state index in [0.29, 0.717) is 6.54 Å². The van der Waals surface area contributed by atoms with Crippen molar-refractivity contribution in [3.63, 3.8) is 0 Å². The number of rotatable bonds is 9. The summed E-state index contributed by atoms with van der Waals surface area (Å²) in [5.41, 5.74) is 0. The van der Waals surface area contributed by atoms with Crippen LogP contribution in [0.5, 0.6) is 0 Å². The molecule has 15 heavy (non-hydrogen) atoms. The van der Waals surface area contributed by atoms with Crippen molar-refractivity contribution in [2.24, 2.45) is 0 Å². The molecule has 90 valence electrons. The van der Waals surface area contributed by atoms with E-state index in [0.717, 1.165) is 12.8 Å². The van der Waals surface area contributed by atoms with Gasteiger partial charge in [-0.2, -0.15) is 8.42 Å². The highest BCUT2D eigenvalue weighted by atomic mass is 32.2. The molecule has 0 aromatic rings.